The molecule has 0 rings (SSSR count). The van der Waals surface area contributed by atoms with E-state index in [0.717, 1.165) is 6.42 Å². The summed E-state index contributed by atoms with van der Waals surface area (Å²) in [6, 6.07) is 0. The molecule has 0 aliphatic rings. The van der Waals surface area contributed by atoms with E-state index in [1.165, 1.54) is 0 Å². The molecule has 0 heterocycles. The standard InChI is InChI=1S/C5H13NO.CH4O3S/c1-5(4-7)2-3-6;1-5(2,3)4/h5,7H,2-4,6H2,1H3;1H3,(H,2,3,4). The van der Waals surface area contributed by atoms with Crippen molar-refractivity contribution in [3.05, 3.63) is 0 Å². The Labute approximate surface area is 73.3 Å². The van der Waals surface area contributed by atoms with Crippen molar-refractivity contribution in [3.63, 3.8) is 0 Å². The van der Waals surface area contributed by atoms with Crippen molar-refractivity contribution in [2.75, 3.05) is 19.4 Å². The quantitative estimate of drug-likeness (QED) is 0.530. The molecule has 1 unspecified atom stereocenters. The van der Waals surface area contributed by atoms with Crippen LogP contribution in [0.15, 0.2) is 0 Å². The first kappa shape index (κ1) is 14.4. The maximum absolute atomic E-state index is 9.19. The van der Waals surface area contributed by atoms with E-state index < -0.39 is 10.1 Å². The van der Waals surface area contributed by atoms with Crippen LogP contribution < -0.4 is 5.73 Å². The molecular formula is C6H17NO4S. The zero-order valence-electron chi connectivity index (χ0n) is 7.40. The highest BCUT2D eigenvalue weighted by Crippen LogP contribution is 1.95. The number of hydrogen-bond acceptors (Lipinski definition) is 4. The van der Waals surface area contributed by atoms with Crippen LogP contribution in [0.5, 0.6) is 0 Å². The average Bonchev–Trinajstić information content (AvgIpc) is 1.85. The van der Waals surface area contributed by atoms with Gasteiger partial charge >= 0.3 is 0 Å². The van der Waals surface area contributed by atoms with Gasteiger partial charge in [-0.25, -0.2) is 0 Å². The van der Waals surface area contributed by atoms with Gasteiger partial charge in [0.25, 0.3) is 10.1 Å². The van der Waals surface area contributed by atoms with Crippen molar-refractivity contribution in [3.8, 4) is 0 Å². The van der Waals surface area contributed by atoms with E-state index >= 15 is 0 Å². The molecule has 0 aliphatic carbocycles. The first-order valence-electron chi connectivity index (χ1n) is 3.54. The molecule has 0 aromatic rings. The van der Waals surface area contributed by atoms with E-state index in [4.69, 9.17) is 15.4 Å². The highest BCUT2D eigenvalue weighted by atomic mass is 32.2. The lowest BCUT2D eigenvalue weighted by Crippen LogP contribution is -2.08. The molecule has 0 aliphatic heterocycles. The van der Waals surface area contributed by atoms with Crippen molar-refractivity contribution in [1.29, 1.82) is 0 Å². The van der Waals surface area contributed by atoms with Gasteiger partial charge < -0.3 is 10.8 Å². The second-order valence-electron chi connectivity index (χ2n) is 2.60. The molecule has 0 saturated carbocycles. The molecule has 0 aromatic carbocycles. The van der Waals surface area contributed by atoms with Crippen LogP contribution in [0.3, 0.4) is 0 Å². The lowest BCUT2D eigenvalue weighted by Gasteiger charge is -2.01. The molecule has 0 amide bonds. The molecule has 1 atom stereocenters. The Hall–Kier alpha value is -0.170. The van der Waals surface area contributed by atoms with Crippen LogP contribution in [0.2, 0.25) is 0 Å². The second-order valence-corrected chi connectivity index (χ2v) is 4.06. The van der Waals surface area contributed by atoms with E-state index in [0.29, 0.717) is 18.7 Å². The van der Waals surface area contributed by atoms with Crippen LogP contribution in [0.1, 0.15) is 13.3 Å². The molecule has 4 N–H and O–H groups in total. The largest absolute Gasteiger partial charge is 0.396 e. The number of aliphatic hydroxyl groups is 1. The van der Waals surface area contributed by atoms with Gasteiger partial charge in [-0.05, 0) is 18.9 Å². The van der Waals surface area contributed by atoms with Crippen LogP contribution in [0.25, 0.3) is 0 Å². The molecule has 0 fully saturated rings. The summed E-state index contributed by atoms with van der Waals surface area (Å²) in [7, 11) is -3.67. The monoisotopic (exact) mass is 199 g/mol. The number of nitrogens with two attached hydrogens (primary N) is 1. The normalized spacial score (nSPS) is 13.1. The van der Waals surface area contributed by atoms with E-state index in [1.807, 2.05) is 6.92 Å². The van der Waals surface area contributed by atoms with E-state index in [-0.39, 0.29) is 6.61 Å². The second kappa shape index (κ2) is 7.48. The van der Waals surface area contributed by atoms with Gasteiger partial charge in [0.05, 0.1) is 6.26 Å². The lowest BCUT2D eigenvalue weighted by molar-refractivity contribution is 0.232. The smallest absolute Gasteiger partial charge is 0.261 e. The zero-order chi connectivity index (χ0) is 10.2. The van der Waals surface area contributed by atoms with Gasteiger partial charge in [-0.2, -0.15) is 8.42 Å². The van der Waals surface area contributed by atoms with Gasteiger partial charge in [-0.3, -0.25) is 4.55 Å². The summed E-state index contributed by atoms with van der Waals surface area (Å²) in [5.41, 5.74) is 5.19. The van der Waals surface area contributed by atoms with Crippen molar-refractivity contribution < 1.29 is 18.1 Å². The Morgan fingerprint density at radius 3 is 1.92 bits per heavy atom. The first-order valence-corrected chi connectivity index (χ1v) is 5.39. The molecule has 0 spiro atoms. The summed E-state index contributed by atoms with van der Waals surface area (Å²) >= 11 is 0. The SMILES string of the molecule is CC(CO)CCN.CS(=O)(=O)O. The van der Waals surface area contributed by atoms with Crippen LogP contribution in [0, 0.1) is 5.92 Å². The number of rotatable bonds is 3. The average molecular weight is 199 g/mol. The van der Waals surface area contributed by atoms with Crippen LogP contribution in [-0.2, 0) is 10.1 Å². The van der Waals surface area contributed by atoms with Gasteiger partial charge in [0.15, 0.2) is 0 Å². The third-order valence-electron chi connectivity index (χ3n) is 0.971. The third kappa shape index (κ3) is 32.9. The highest BCUT2D eigenvalue weighted by molar-refractivity contribution is 7.85. The number of aliphatic hydroxyl groups excluding tert-OH is 1. The molecule has 0 radical (unpaired) electrons. The van der Waals surface area contributed by atoms with Crippen LogP contribution in [0.4, 0.5) is 0 Å². The Morgan fingerprint density at radius 2 is 1.83 bits per heavy atom. The molecule has 76 valence electrons. The van der Waals surface area contributed by atoms with Gasteiger partial charge in [-0.1, -0.05) is 6.92 Å². The molecule has 6 heteroatoms. The van der Waals surface area contributed by atoms with Gasteiger partial charge in [0, 0.05) is 6.61 Å². The maximum atomic E-state index is 9.19. The summed E-state index contributed by atoms with van der Waals surface area (Å²) in [5.74, 6) is 0.380. The fraction of sp³-hybridized carbons (Fsp3) is 1.00. The molecule has 0 aromatic heterocycles. The lowest BCUT2D eigenvalue weighted by atomic mass is 10.1. The summed E-state index contributed by atoms with van der Waals surface area (Å²) in [4.78, 5) is 0. The highest BCUT2D eigenvalue weighted by Gasteiger charge is 1.94. The Kier molecular flexibility index (Phi) is 8.95. The van der Waals surface area contributed by atoms with Crippen LogP contribution in [-0.4, -0.2) is 37.5 Å². The Balaban J connectivity index is 0. The topological polar surface area (TPSA) is 101 Å². The fourth-order valence-electron chi connectivity index (χ4n) is 0.376. The van der Waals surface area contributed by atoms with Crippen LogP contribution >= 0.6 is 0 Å². The summed E-state index contributed by atoms with van der Waals surface area (Å²) in [6.07, 6.45) is 1.64. The molecule has 12 heavy (non-hydrogen) atoms. The van der Waals surface area contributed by atoms with Crippen molar-refractivity contribution in [2.45, 2.75) is 13.3 Å². The minimum absolute atomic E-state index is 0.261. The minimum atomic E-state index is -3.67. The first-order chi connectivity index (χ1) is 5.31. The maximum Gasteiger partial charge on any atom is 0.261 e. The van der Waals surface area contributed by atoms with E-state index in [2.05, 4.69) is 0 Å². The zero-order valence-corrected chi connectivity index (χ0v) is 8.21. The van der Waals surface area contributed by atoms with Crippen molar-refractivity contribution in [2.24, 2.45) is 11.7 Å². The fourth-order valence-corrected chi connectivity index (χ4v) is 0.376. The molecule has 0 bridgehead atoms. The summed E-state index contributed by atoms with van der Waals surface area (Å²) in [5, 5.41) is 8.41. The summed E-state index contributed by atoms with van der Waals surface area (Å²) < 4.78 is 25.9. The molecule has 5 nitrogen and oxygen atoms in total. The number of hydrogen-bond donors (Lipinski definition) is 3. The van der Waals surface area contributed by atoms with Crippen molar-refractivity contribution >= 4 is 10.1 Å². The Morgan fingerprint density at radius 1 is 1.50 bits per heavy atom. The minimum Gasteiger partial charge on any atom is -0.396 e. The molecular weight excluding hydrogens is 182 g/mol. The van der Waals surface area contributed by atoms with E-state index in [1.54, 1.807) is 0 Å². The summed E-state index contributed by atoms with van der Waals surface area (Å²) in [6.45, 7) is 2.92. The molecule has 0 saturated heterocycles. The van der Waals surface area contributed by atoms with Gasteiger partial charge in [-0.15, -0.1) is 0 Å². The van der Waals surface area contributed by atoms with Gasteiger partial charge in [0.1, 0.15) is 0 Å². The van der Waals surface area contributed by atoms with Crippen molar-refractivity contribution in [1.82, 2.24) is 0 Å². The predicted molar refractivity (Wildman–Crippen MR) is 47.4 cm³/mol. The third-order valence-corrected chi connectivity index (χ3v) is 0.971. The van der Waals surface area contributed by atoms with E-state index in [9.17, 15) is 8.42 Å². The Bertz CT molecular complexity index is 170. The van der Waals surface area contributed by atoms with Gasteiger partial charge in [0.2, 0.25) is 0 Å². The predicted octanol–water partition coefficient (Wildman–Crippen LogP) is -0.532.